The first kappa shape index (κ1) is 9.69. The summed E-state index contributed by atoms with van der Waals surface area (Å²) < 4.78 is 0. The van der Waals surface area contributed by atoms with Crippen molar-refractivity contribution in [1.29, 1.82) is 0 Å². The fourth-order valence-electron chi connectivity index (χ4n) is 1.64. The molecule has 1 saturated carbocycles. The van der Waals surface area contributed by atoms with E-state index < -0.39 is 5.24 Å². The highest BCUT2D eigenvalue weighted by Gasteiger charge is 2.43. The summed E-state index contributed by atoms with van der Waals surface area (Å²) in [7, 11) is 0. The lowest BCUT2D eigenvalue weighted by Gasteiger charge is -2.11. The van der Waals surface area contributed by atoms with Gasteiger partial charge < -0.3 is 5.11 Å². The van der Waals surface area contributed by atoms with Crippen molar-refractivity contribution in [1.82, 2.24) is 0 Å². The van der Waals surface area contributed by atoms with Gasteiger partial charge in [-0.05, 0) is 42.1 Å². The Balaban J connectivity index is 2.26. The molecule has 0 aromatic heterocycles. The van der Waals surface area contributed by atoms with E-state index in [9.17, 15) is 9.90 Å². The van der Waals surface area contributed by atoms with E-state index in [1.807, 2.05) is 12.1 Å². The number of hydrogen-bond donors (Lipinski definition) is 1. The van der Waals surface area contributed by atoms with Gasteiger partial charge in [-0.3, -0.25) is 4.79 Å². The van der Waals surface area contributed by atoms with Gasteiger partial charge in [0.05, 0.1) is 6.61 Å². The van der Waals surface area contributed by atoms with Gasteiger partial charge in [0, 0.05) is 11.0 Å². The van der Waals surface area contributed by atoms with Gasteiger partial charge in [0.25, 0.3) is 5.24 Å². The molecule has 0 amide bonds. The lowest BCUT2D eigenvalue weighted by molar-refractivity contribution is 0.108. The Morgan fingerprint density at radius 1 is 1.36 bits per heavy atom. The average molecular weight is 211 g/mol. The monoisotopic (exact) mass is 210 g/mol. The van der Waals surface area contributed by atoms with Crippen molar-refractivity contribution in [2.45, 2.75) is 18.3 Å². The van der Waals surface area contributed by atoms with Gasteiger partial charge in [0.1, 0.15) is 0 Å². The van der Waals surface area contributed by atoms with E-state index in [-0.39, 0.29) is 12.0 Å². The second-order valence-corrected chi connectivity index (χ2v) is 4.13. The predicted molar refractivity (Wildman–Crippen MR) is 54.6 cm³/mol. The highest BCUT2D eigenvalue weighted by molar-refractivity contribution is 6.67. The third kappa shape index (κ3) is 1.56. The van der Waals surface area contributed by atoms with Crippen LogP contribution in [0.5, 0.6) is 0 Å². The minimum Gasteiger partial charge on any atom is -0.395 e. The van der Waals surface area contributed by atoms with Crippen molar-refractivity contribution >= 4 is 16.8 Å². The molecular weight excluding hydrogens is 200 g/mol. The standard InChI is InChI=1S/C11H11ClO2/c12-10(14)8-1-3-9(4-2-8)11(7-13)5-6-11/h1-4,13H,5-7H2. The van der Waals surface area contributed by atoms with E-state index in [1.165, 1.54) is 0 Å². The zero-order valence-corrected chi connectivity index (χ0v) is 8.42. The molecule has 0 unspecified atom stereocenters. The number of benzene rings is 1. The molecule has 0 saturated heterocycles. The first-order valence-electron chi connectivity index (χ1n) is 4.59. The molecule has 0 heterocycles. The Bertz CT molecular complexity index is 352. The number of aliphatic hydroxyl groups is 1. The number of hydrogen-bond acceptors (Lipinski definition) is 2. The van der Waals surface area contributed by atoms with Gasteiger partial charge in [-0.25, -0.2) is 0 Å². The average Bonchev–Trinajstić information content (AvgIpc) is 2.99. The van der Waals surface area contributed by atoms with Crippen molar-refractivity contribution in [3.05, 3.63) is 35.4 Å². The van der Waals surface area contributed by atoms with Crippen LogP contribution in [-0.4, -0.2) is 17.0 Å². The maximum absolute atomic E-state index is 10.8. The first-order chi connectivity index (χ1) is 6.68. The first-order valence-corrected chi connectivity index (χ1v) is 4.97. The zero-order valence-electron chi connectivity index (χ0n) is 7.66. The van der Waals surface area contributed by atoms with E-state index in [4.69, 9.17) is 11.6 Å². The molecule has 1 aromatic rings. The minimum absolute atomic E-state index is 0.0338. The van der Waals surface area contributed by atoms with Crippen LogP contribution in [0, 0.1) is 0 Å². The van der Waals surface area contributed by atoms with Crippen molar-refractivity contribution in [2.24, 2.45) is 0 Å². The highest BCUT2D eigenvalue weighted by Crippen LogP contribution is 2.47. The molecular formula is C11H11ClO2. The van der Waals surface area contributed by atoms with Crippen LogP contribution in [0.4, 0.5) is 0 Å². The maximum atomic E-state index is 10.8. The molecule has 0 radical (unpaired) electrons. The van der Waals surface area contributed by atoms with Gasteiger partial charge >= 0.3 is 0 Å². The van der Waals surface area contributed by atoms with Crippen molar-refractivity contribution in [3.8, 4) is 0 Å². The molecule has 0 atom stereocenters. The Labute approximate surface area is 87.5 Å². The number of carbonyl (C=O) groups excluding carboxylic acids is 1. The molecule has 1 N–H and O–H groups in total. The van der Waals surface area contributed by atoms with E-state index >= 15 is 0 Å². The van der Waals surface area contributed by atoms with Crippen molar-refractivity contribution in [2.75, 3.05) is 6.61 Å². The molecule has 1 aromatic carbocycles. The summed E-state index contributed by atoms with van der Waals surface area (Å²) in [5.74, 6) is 0. The quantitative estimate of drug-likeness (QED) is 0.776. The highest BCUT2D eigenvalue weighted by atomic mass is 35.5. The number of halogens is 1. The Morgan fingerprint density at radius 3 is 2.29 bits per heavy atom. The van der Waals surface area contributed by atoms with Crippen molar-refractivity contribution in [3.63, 3.8) is 0 Å². The molecule has 2 nitrogen and oxygen atoms in total. The summed E-state index contributed by atoms with van der Waals surface area (Å²) in [6.45, 7) is 0.182. The van der Waals surface area contributed by atoms with Gasteiger partial charge in [0.2, 0.25) is 0 Å². The Hall–Kier alpha value is -0.860. The lowest BCUT2D eigenvalue weighted by Crippen LogP contribution is -2.11. The SMILES string of the molecule is O=C(Cl)c1ccc(C2(CO)CC2)cc1. The van der Waals surface area contributed by atoms with Crippen LogP contribution < -0.4 is 0 Å². The van der Waals surface area contributed by atoms with E-state index in [2.05, 4.69) is 0 Å². The molecule has 2 rings (SSSR count). The molecule has 14 heavy (non-hydrogen) atoms. The third-order valence-electron chi connectivity index (χ3n) is 2.88. The van der Waals surface area contributed by atoms with Gasteiger partial charge in [-0.2, -0.15) is 0 Å². The number of carbonyl (C=O) groups is 1. The summed E-state index contributed by atoms with van der Waals surface area (Å²) >= 11 is 5.33. The molecule has 1 aliphatic carbocycles. The van der Waals surface area contributed by atoms with E-state index in [0.29, 0.717) is 5.56 Å². The second kappa shape index (κ2) is 3.37. The molecule has 0 bridgehead atoms. The van der Waals surface area contributed by atoms with Crippen molar-refractivity contribution < 1.29 is 9.90 Å². The van der Waals surface area contributed by atoms with Crippen LogP contribution in [0.1, 0.15) is 28.8 Å². The number of aliphatic hydroxyl groups excluding tert-OH is 1. The van der Waals surface area contributed by atoms with E-state index in [1.54, 1.807) is 12.1 Å². The fraction of sp³-hybridized carbons (Fsp3) is 0.364. The fourth-order valence-corrected chi connectivity index (χ4v) is 1.77. The summed E-state index contributed by atoms with van der Waals surface area (Å²) in [5.41, 5.74) is 1.57. The molecule has 0 spiro atoms. The normalized spacial score (nSPS) is 17.9. The zero-order chi connectivity index (χ0) is 10.2. The third-order valence-corrected chi connectivity index (χ3v) is 3.10. The molecule has 1 fully saturated rings. The van der Waals surface area contributed by atoms with E-state index in [0.717, 1.165) is 18.4 Å². The summed E-state index contributed by atoms with van der Waals surface area (Å²) in [6.07, 6.45) is 2.05. The largest absolute Gasteiger partial charge is 0.395 e. The predicted octanol–water partition coefficient (Wildman–Crippen LogP) is 2.09. The van der Waals surface area contributed by atoms with Crippen LogP contribution in [-0.2, 0) is 5.41 Å². The van der Waals surface area contributed by atoms with Crippen LogP contribution in [0.25, 0.3) is 0 Å². The summed E-state index contributed by atoms with van der Waals surface area (Å²) in [5, 5.41) is 8.76. The van der Waals surface area contributed by atoms with Gasteiger partial charge in [-0.15, -0.1) is 0 Å². The molecule has 74 valence electrons. The van der Waals surface area contributed by atoms with Crippen LogP contribution in [0.2, 0.25) is 0 Å². The molecule has 0 aliphatic heterocycles. The second-order valence-electron chi connectivity index (χ2n) is 3.79. The van der Waals surface area contributed by atoms with Gasteiger partial charge in [0.15, 0.2) is 0 Å². The van der Waals surface area contributed by atoms with Crippen LogP contribution >= 0.6 is 11.6 Å². The Kier molecular flexibility index (Phi) is 2.33. The van der Waals surface area contributed by atoms with Gasteiger partial charge in [-0.1, -0.05) is 12.1 Å². The lowest BCUT2D eigenvalue weighted by atomic mass is 9.96. The smallest absolute Gasteiger partial charge is 0.252 e. The minimum atomic E-state index is -0.439. The molecule has 1 aliphatic rings. The van der Waals surface area contributed by atoms with Crippen LogP contribution in [0.15, 0.2) is 24.3 Å². The topological polar surface area (TPSA) is 37.3 Å². The maximum Gasteiger partial charge on any atom is 0.252 e. The number of rotatable bonds is 3. The summed E-state index contributed by atoms with van der Waals surface area (Å²) in [6, 6.07) is 7.17. The van der Waals surface area contributed by atoms with Crippen LogP contribution in [0.3, 0.4) is 0 Å². The Morgan fingerprint density at radius 2 is 1.93 bits per heavy atom. The molecule has 3 heteroatoms. The summed E-state index contributed by atoms with van der Waals surface area (Å²) in [4.78, 5) is 10.8.